The van der Waals surface area contributed by atoms with Crippen LogP contribution in [0.5, 0.6) is 11.5 Å². The topological polar surface area (TPSA) is 47.6 Å². The van der Waals surface area contributed by atoms with Gasteiger partial charge in [0, 0.05) is 6.54 Å². The molecule has 0 aromatic heterocycles. The highest BCUT2D eigenvalue weighted by molar-refractivity contribution is 7.96. The summed E-state index contributed by atoms with van der Waals surface area (Å²) in [5.74, 6) is 1.50. The van der Waals surface area contributed by atoms with E-state index in [0.29, 0.717) is 19.8 Å². The minimum atomic E-state index is -0.339. The molecule has 0 saturated carbocycles. The second kappa shape index (κ2) is 4.65. The van der Waals surface area contributed by atoms with Crippen LogP contribution in [0.1, 0.15) is 11.1 Å². The van der Waals surface area contributed by atoms with Gasteiger partial charge in [0.25, 0.3) is 5.24 Å². The lowest BCUT2D eigenvalue weighted by Gasteiger charge is -2.20. The van der Waals surface area contributed by atoms with Gasteiger partial charge in [-0.2, -0.15) is 0 Å². The molecule has 4 nitrogen and oxygen atoms in total. The number of rotatable bonds is 2. The van der Waals surface area contributed by atoms with Crippen molar-refractivity contribution in [3.63, 3.8) is 0 Å². The predicted octanol–water partition coefficient (Wildman–Crippen LogP) is 1.91. The third-order valence-electron chi connectivity index (χ3n) is 2.43. The van der Waals surface area contributed by atoms with Crippen LogP contribution in [0.2, 0.25) is 0 Å². The van der Waals surface area contributed by atoms with E-state index in [-0.39, 0.29) is 5.24 Å². The lowest BCUT2D eigenvalue weighted by molar-refractivity contribution is 0.171. The highest BCUT2D eigenvalue weighted by Crippen LogP contribution is 2.32. The maximum absolute atomic E-state index is 10.7. The molecule has 86 valence electrons. The summed E-state index contributed by atoms with van der Waals surface area (Å²) in [6.45, 7) is 3.57. The Morgan fingerprint density at radius 1 is 1.38 bits per heavy atom. The van der Waals surface area contributed by atoms with Crippen LogP contribution in [-0.4, -0.2) is 18.5 Å². The number of amides is 1. The first-order chi connectivity index (χ1) is 7.66. The van der Waals surface area contributed by atoms with Gasteiger partial charge >= 0.3 is 0 Å². The van der Waals surface area contributed by atoms with Crippen molar-refractivity contribution in [1.29, 1.82) is 0 Å². The number of nitrogens with one attached hydrogen (secondary N) is 1. The second-order valence-corrected chi connectivity index (χ2v) is 3.99. The van der Waals surface area contributed by atoms with Crippen molar-refractivity contribution in [3.8, 4) is 11.5 Å². The molecule has 1 aliphatic heterocycles. The Morgan fingerprint density at radius 2 is 2.00 bits per heavy atom. The van der Waals surface area contributed by atoms with Gasteiger partial charge in [-0.05, 0) is 30.2 Å². The summed E-state index contributed by atoms with van der Waals surface area (Å²) in [5.41, 5.74) is 2.07. The molecule has 2 rings (SSSR count). The summed E-state index contributed by atoms with van der Waals surface area (Å²) in [6, 6.07) is 3.82. The molecule has 0 radical (unpaired) electrons. The summed E-state index contributed by atoms with van der Waals surface area (Å²) in [5, 5.41) is 2.30. The maximum Gasteiger partial charge on any atom is 0.276 e. The first-order valence-corrected chi connectivity index (χ1v) is 5.47. The van der Waals surface area contributed by atoms with Crippen LogP contribution >= 0.6 is 12.6 Å². The van der Waals surface area contributed by atoms with E-state index in [4.69, 9.17) is 9.47 Å². The van der Waals surface area contributed by atoms with E-state index in [1.54, 1.807) is 0 Å². The number of hydrogen-bond donors (Lipinski definition) is 2. The van der Waals surface area contributed by atoms with Gasteiger partial charge in [0.1, 0.15) is 13.2 Å². The summed E-state index contributed by atoms with van der Waals surface area (Å²) in [4.78, 5) is 10.7. The van der Waals surface area contributed by atoms with Gasteiger partial charge in [-0.1, -0.05) is 12.6 Å². The Bertz CT molecular complexity index is 420. The summed E-state index contributed by atoms with van der Waals surface area (Å²) in [6.07, 6.45) is 0. The zero-order chi connectivity index (χ0) is 11.5. The molecule has 5 heteroatoms. The number of benzene rings is 1. The number of fused-ring (bicyclic) bond motifs is 1. The Balaban J connectivity index is 2.21. The van der Waals surface area contributed by atoms with E-state index in [0.717, 1.165) is 22.6 Å². The monoisotopic (exact) mass is 239 g/mol. The number of aryl methyl sites for hydroxylation is 1. The number of thiol groups is 1. The van der Waals surface area contributed by atoms with Crippen molar-refractivity contribution in [2.45, 2.75) is 13.5 Å². The molecule has 16 heavy (non-hydrogen) atoms. The van der Waals surface area contributed by atoms with Crippen molar-refractivity contribution < 1.29 is 14.3 Å². The normalized spacial score (nSPS) is 13.4. The first-order valence-electron chi connectivity index (χ1n) is 5.03. The Morgan fingerprint density at radius 3 is 2.62 bits per heavy atom. The molecule has 1 N–H and O–H groups in total. The van der Waals surface area contributed by atoms with Crippen LogP contribution in [0.4, 0.5) is 4.79 Å². The van der Waals surface area contributed by atoms with Crippen LogP contribution in [0.15, 0.2) is 12.1 Å². The molecular formula is C11H13NO3S. The molecule has 0 fully saturated rings. The van der Waals surface area contributed by atoms with Crippen LogP contribution in [0.25, 0.3) is 0 Å². The molecule has 1 aliphatic rings. The second-order valence-electron chi connectivity index (χ2n) is 3.58. The standard InChI is InChI=1S/C11H13NO3S/c1-7-4-9-10(15-3-2-14-9)5-8(7)6-12-11(13)16/h4-5H,2-3,6H2,1H3,(H2,12,13,16). The van der Waals surface area contributed by atoms with Gasteiger partial charge in [0.15, 0.2) is 11.5 Å². The third-order valence-corrected chi connectivity index (χ3v) is 2.59. The smallest absolute Gasteiger partial charge is 0.276 e. The van der Waals surface area contributed by atoms with Crippen molar-refractivity contribution in [1.82, 2.24) is 5.32 Å². The lowest BCUT2D eigenvalue weighted by Crippen LogP contribution is -2.18. The van der Waals surface area contributed by atoms with Crippen LogP contribution in [0.3, 0.4) is 0 Å². The zero-order valence-corrected chi connectivity index (χ0v) is 9.84. The molecule has 0 atom stereocenters. The van der Waals surface area contributed by atoms with Crippen molar-refractivity contribution >= 4 is 17.9 Å². The van der Waals surface area contributed by atoms with Gasteiger partial charge in [0.2, 0.25) is 0 Å². The van der Waals surface area contributed by atoms with Crippen LogP contribution in [-0.2, 0) is 6.54 Å². The molecule has 0 bridgehead atoms. The molecule has 0 aliphatic carbocycles. The number of ether oxygens (including phenoxy) is 2. The SMILES string of the molecule is Cc1cc2c(cc1CNC(=O)S)OCCO2. The van der Waals surface area contributed by atoms with Gasteiger partial charge in [-0.25, -0.2) is 0 Å². The molecule has 1 aromatic rings. The van der Waals surface area contributed by atoms with Crippen molar-refractivity contribution in [3.05, 3.63) is 23.3 Å². The molecular weight excluding hydrogens is 226 g/mol. The molecule has 1 heterocycles. The van der Waals surface area contributed by atoms with E-state index >= 15 is 0 Å². The van der Waals surface area contributed by atoms with Crippen LogP contribution < -0.4 is 14.8 Å². The fourth-order valence-electron chi connectivity index (χ4n) is 1.59. The summed E-state index contributed by atoms with van der Waals surface area (Å²) < 4.78 is 10.9. The van der Waals surface area contributed by atoms with Gasteiger partial charge in [0.05, 0.1) is 0 Å². The number of hydrogen-bond acceptors (Lipinski definition) is 3. The third kappa shape index (κ3) is 2.41. The fraction of sp³-hybridized carbons (Fsp3) is 0.364. The summed E-state index contributed by atoms with van der Waals surface area (Å²) in [7, 11) is 0. The maximum atomic E-state index is 10.7. The molecule has 1 amide bonds. The average Bonchev–Trinajstić information content (AvgIpc) is 2.26. The average molecular weight is 239 g/mol. The van der Waals surface area contributed by atoms with E-state index in [2.05, 4.69) is 17.9 Å². The number of carbonyl (C=O) groups excluding carboxylic acids is 1. The minimum absolute atomic E-state index is 0.339. The van der Waals surface area contributed by atoms with Crippen molar-refractivity contribution in [2.24, 2.45) is 0 Å². The summed E-state index contributed by atoms with van der Waals surface area (Å²) >= 11 is 3.66. The highest BCUT2D eigenvalue weighted by atomic mass is 32.1. The van der Waals surface area contributed by atoms with E-state index < -0.39 is 0 Å². The van der Waals surface area contributed by atoms with Crippen LogP contribution in [0, 0.1) is 6.92 Å². The molecule has 0 saturated heterocycles. The highest BCUT2D eigenvalue weighted by Gasteiger charge is 2.14. The number of carbonyl (C=O) groups is 1. The van der Waals surface area contributed by atoms with E-state index in [9.17, 15) is 4.79 Å². The Labute approximate surface area is 99.3 Å². The quantitative estimate of drug-likeness (QED) is 0.775. The largest absolute Gasteiger partial charge is 0.486 e. The first kappa shape index (κ1) is 11.1. The lowest BCUT2D eigenvalue weighted by atomic mass is 10.1. The van der Waals surface area contributed by atoms with E-state index in [1.165, 1.54) is 0 Å². The Hall–Kier alpha value is -1.36. The predicted molar refractivity (Wildman–Crippen MR) is 63.4 cm³/mol. The van der Waals surface area contributed by atoms with Gasteiger partial charge in [-0.3, -0.25) is 4.79 Å². The minimum Gasteiger partial charge on any atom is -0.486 e. The molecule has 0 unspecified atom stereocenters. The molecule has 0 spiro atoms. The Kier molecular flexibility index (Phi) is 3.24. The van der Waals surface area contributed by atoms with Crippen molar-refractivity contribution in [2.75, 3.05) is 13.2 Å². The van der Waals surface area contributed by atoms with Gasteiger partial charge in [-0.15, -0.1) is 0 Å². The fourth-order valence-corrected chi connectivity index (χ4v) is 1.67. The zero-order valence-electron chi connectivity index (χ0n) is 8.95. The van der Waals surface area contributed by atoms with E-state index in [1.807, 2.05) is 19.1 Å². The molecule has 1 aromatic carbocycles. The van der Waals surface area contributed by atoms with Gasteiger partial charge < -0.3 is 14.8 Å².